The van der Waals surface area contributed by atoms with Crippen LogP contribution in [0.4, 0.5) is 23.2 Å². The number of anilines is 1. The van der Waals surface area contributed by atoms with Crippen molar-refractivity contribution in [3.63, 3.8) is 0 Å². The summed E-state index contributed by atoms with van der Waals surface area (Å²) in [6, 6.07) is 3.35. The number of alkyl halides is 1. The number of carbonyl (C=O) groups excluding carboxylic acids is 1. The molecule has 0 saturated carbocycles. The Morgan fingerprint density at radius 3 is 2.74 bits per heavy atom. The van der Waals surface area contributed by atoms with Gasteiger partial charge in [0, 0.05) is 24.7 Å². The predicted molar refractivity (Wildman–Crippen MR) is 89.6 cm³/mol. The van der Waals surface area contributed by atoms with E-state index in [1.807, 2.05) is 0 Å². The average molecular weight is 378 g/mol. The number of rotatable bonds is 3. The van der Waals surface area contributed by atoms with Crippen LogP contribution in [0.3, 0.4) is 0 Å². The summed E-state index contributed by atoms with van der Waals surface area (Å²) >= 11 is 0. The fourth-order valence-electron chi connectivity index (χ4n) is 3.55. The van der Waals surface area contributed by atoms with Gasteiger partial charge in [-0.05, 0) is 24.3 Å². The summed E-state index contributed by atoms with van der Waals surface area (Å²) in [4.78, 5) is 12.8. The second-order valence-electron chi connectivity index (χ2n) is 6.40. The molecular weight excluding hydrogens is 364 g/mol. The Kier molecular flexibility index (Phi) is 4.01. The molecule has 3 heterocycles. The third kappa shape index (κ3) is 2.79. The molecule has 1 aromatic carbocycles. The minimum Gasteiger partial charge on any atom is -0.365 e. The largest absolute Gasteiger partial charge is 0.365 e. The molecule has 140 valence electrons. The highest BCUT2D eigenvalue weighted by Gasteiger charge is 2.37. The molecule has 1 aliphatic rings. The minimum atomic E-state index is -1.35. The van der Waals surface area contributed by atoms with Crippen molar-refractivity contribution >= 4 is 17.1 Å². The number of aromatic nitrogens is 2. The van der Waals surface area contributed by atoms with Crippen LogP contribution < -0.4 is 10.6 Å². The van der Waals surface area contributed by atoms with E-state index in [4.69, 9.17) is 5.73 Å². The third-order valence-corrected chi connectivity index (χ3v) is 4.74. The topological polar surface area (TPSA) is 63.6 Å². The number of hydrogen-bond donors (Lipinski definition) is 1. The number of hydrogen-bond acceptors (Lipinski definition) is 3. The first-order valence-corrected chi connectivity index (χ1v) is 8.18. The van der Waals surface area contributed by atoms with Crippen molar-refractivity contribution < 1.29 is 22.4 Å². The number of nitrogens with zero attached hydrogens (tertiary/aromatic N) is 3. The van der Waals surface area contributed by atoms with Gasteiger partial charge in [0.2, 0.25) is 0 Å². The van der Waals surface area contributed by atoms with Gasteiger partial charge in [0.1, 0.15) is 23.3 Å². The van der Waals surface area contributed by atoms with Crippen molar-refractivity contribution in [2.75, 3.05) is 11.4 Å². The molecule has 2 aromatic heterocycles. The zero-order valence-electron chi connectivity index (χ0n) is 13.9. The second-order valence-corrected chi connectivity index (χ2v) is 6.40. The highest BCUT2D eigenvalue weighted by molar-refractivity contribution is 6.00. The molecule has 2 atom stereocenters. The van der Waals surface area contributed by atoms with Gasteiger partial charge in [-0.3, -0.25) is 4.79 Å². The van der Waals surface area contributed by atoms with Gasteiger partial charge < -0.3 is 10.6 Å². The first kappa shape index (κ1) is 17.3. The zero-order chi connectivity index (χ0) is 19.3. The Bertz CT molecular complexity index is 1050. The van der Waals surface area contributed by atoms with Crippen LogP contribution in [0.15, 0.2) is 36.7 Å². The summed E-state index contributed by atoms with van der Waals surface area (Å²) < 4.78 is 58.3. The maximum Gasteiger partial charge on any atom is 0.252 e. The molecule has 27 heavy (non-hydrogen) atoms. The molecule has 0 unspecified atom stereocenters. The maximum atomic E-state index is 15.2. The van der Waals surface area contributed by atoms with Gasteiger partial charge in [-0.2, -0.15) is 5.10 Å². The molecule has 4 rings (SSSR count). The molecule has 5 nitrogen and oxygen atoms in total. The van der Waals surface area contributed by atoms with Gasteiger partial charge in [-0.15, -0.1) is 0 Å². The first-order valence-electron chi connectivity index (χ1n) is 8.18. The smallest absolute Gasteiger partial charge is 0.252 e. The Morgan fingerprint density at radius 1 is 1.22 bits per heavy atom. The van der Waals surface area contributed by atoms with E-state index in [0.717, 1.165) is 28.9 Å². The molecule has 0 aliphatic carbocycles. The number of nitrogens with two attached hydrogens (primary N) is 1. The number of primary amides is 1. The molecule has 0 radical (unpaired) electrons. The monoisotopic (exact) mass is 378 g/mol. The predicted octanol–water partition coefficient (Wildman–Crippen LogP) is 3.14. The van der Waals surface area contributed by atoms with Crippen molar-refractivity contribution in [1.82, 2.24) is 9.61 Å². The van der Waals surface area contributed by atoms with E-state index in [2.05, 4.69) is 5.10 Å². The summed E-state index contributed by atoms with van der Waals surface area (Å²) in [5.74, 6) is -3.07. The first-order chi connectivity index (χ1) is 12.9. The fraction of sp³-hybridized carbons (Fsp3) is 0.222. The lowest BCUT2D eigenvalue weighted by molar-refractivity contribution is 0.100. The van der Waals surface area contributed by atoms with Crippen molar-refractivity contribution in [2.45, 2.75) is 18.6 Å². The van der Waals surface area contributed by atoms with Crippen LogP contribution in [-0.4, -0.2) is 28.2 Å². The number of benzene rings is 1. The Morgan fingerprint density at radius 2 is 2.00 bits per heavy atom. The summed E-state index contributed by atoms with van der Waals surface area (Å²) in [7, 11) is 0. The van der Waals surface area contributed by atoms with Crippen LogP contribution in [0.5, 0.6) is 0 Å². The normalized spacial score (nSPS) is 19.8. The molecule has 0 spiro atoms. The highest BCUT2D eigenvalue weighted by Crippen LogP contribution is 2.40. The van der Waals surface area contributed by atoms with Crippen molar-refractivity contribution in [3.05, 3.63) is 65.2 Å². The van der Waals surface area contributed by atoms with E-state index < -0.39 is 35.6 Å². The van der Waals surface area contributed by atoms with Gasteiger partial charge in [0.15, 0.2) is 5.82 Å². The number of amides is 1. The highest BCUT2D eigenvalue weighted by atomic mass is 19.1. The third-order valence-electron chi connectivity index (χ3n) is 4.74. The summed E-state index contributed by atoms with van der Waals surface area (Å²) in [6.07, 6.45) is 1.06. The summed E-state index contributed by atoms with van der Waals surface area (Å²) in [5, 5.41) is 3.86. The standard InChI is InChI=1S/C18H14F4N4O/c19-9-1-2-13(21)11(5-9)15-6-10(20)8-25(15)14-3-4-26-17(16(14)22)12(7-24-26)18(23)27/h1-5,7,10,15H,6,8H2,(H2,23,27)/t10-,15+/m0/s1. The lowest BCUT2D eigenvalue weighted by Gasteiger charge is -2.27. The second kappa shape index (κ2) is 6.26. The van der Waals surface area contributed by atoms with Crippen LogP contribution >= 0.6 is 0 Å². The molecule has 1 aliphatic heterocycles. The van der Waals surface area contributed by atoms with Gasteiger partial charge in [-0.1, -0.05) is 0 Å². The Labute approximate surface area is 151 Å². The van der Waals surface area contributed by atoms with Crippen molar-refractivity contribution in [2.24, 2.45) is 5.73 Å². The molecule has 3 aromatic rings. The number of carbonyl (C=O) groups is 1. The average Bonchev–Trinajstić information content (AvgIpc) is 3.21. The molecule has 0 bridgehead atoms. The number of pyridine rings is 1. The molecule has 1 fully saturated rings. The lowest BCUT2D eigenvalue weighted by atomic mass is 10.0. The van der Waals surface area contributed by atoms with E-state index in [-0.39, 0.29) is 35.3 Å². The van der Waals surface area contributed by atoms with Crippen LogP contribution in [0.2, 0.25) is 0 Å². The van der Waals surface area contributed by atoms with Crippen LogP contribution in [0.25, 0.3) is 5.52 Å². The quantitative estimate of drug-likeness (QED) is 0.713. The maximum absolute atomic E-state index is 15.2. The van der Waals surface area contributed by atoms with Crippen LogP contribution in [0.1, 0.15) is 28.4 Å². The summed E-state index contributed by atoms with van der Waals surface area (Å²) in [5.41, 5.74) is 4.87. The van der Waals surface area contributed by atoms with E-state index >= 15 is 4.39 Å². The van der Waals surface area contributed by atoms with Gasteiger partial charge >= 0.3 is 0 Å². The molecular formula is C18H14F4N4O. The van der Waals surface area contributed by atoms with Crippen molar-refractivity contribution in [3.8, 4) is 0 Å². The lowest BCUT2D eigenvalue weighted by Crippen LogP contribution is -2.26. The van der Waals surface area contributed by atoms with Gasteiger partial charge in [0.25, 0.3) is 5.91 Å². The van der Waals surface area contributed by atoms with E-state index in [1.54, 1.807) is 0 Å². The number of fused-ring (bicyclic) bond motifs is 1. The molecule has 1 saturated heterocycles. The number of halogens is 4. The fourth-order valence-corrected chi connectivity index (χ4v) is 3.55. The van der Waals surface area contributed by atoms with Gasteiger partial charge in [-0.25, -0.2) is 22.1 Å². The minimum absolute atomic E-state index is 0.0423. The van der Waals surface area contributed by atoms with Crippen LogP contribution in [-0.2, 0) is 0 Å². The molecule has 1 amide bonds. The Hall–Kier alpha value is -3.10. The van der Waals surface area contributed by atoms with Crippen LogP contribution in [0, 0.1) is 17.5 Å². The van der Waals surface area contributed by atoms with E-state index in [9.17, 15) is 18.0 Å². The Balaban J connectivity index is 1.86. The summed E-state index contributed by atoms with van der Waals surface area (Å²) in [6.45, 7) is -0.201. The van der Waals surface area contributed by atoms with E-state index in [0.29, 0.717) is 0 Å². The van der Waals surface area contributed by atoms with Gasteiger partial charge in [0.05, 0.1) is 23.5 Å². The SMILES string of the molecule is NC(=O)c1cnn2ccc(N3C[C@@H](F)C[C@@H]3c3cc(F)ccc3F)c(F)c12. The molecule has 2 N–H and O–H groups in total. The van der Waals surface area contributed by atoms with E-state index in [1.165, 1.54) is 17.2 Å². The zero-order valence-corrected chi connectivity index (χ0v) is 13.9. The molecule has 9 heteroatoms. The van der Waals surface area contributed by atoms with Crippen molar-refractivity contribution in [1.29, 1.82) is 0 Å².